The van der Waals surface area contributed by atoms with Crippen molar-refractivity contribution >= 4 is 194 Å². The van der Waals surface area contributed by atoms with Crippen molar-refractivity contribution in [2.45, 2.75) is 69.0 Å². The van der Waals surface area contributed by atoms with Gasteiger partial charge in [0.25, 0.3) is 23.6 Å². The van der Waals surface area contributed by atoms with Crippen LogP contribution in [0.4, 0.5) is 22.7 Å². The monoisotopic (exact) mass is 1480 g/mol. The fraction of sp³-hybridized carbons (Fsp3) is 0.176. The number of halogens is 8. The molecule has 0 aliphatic carbocycles. The number of aliphatic hydroxyl groups is 4. The second kappa shape index (κ2) is 25.6. The number of carbonyl (C=O) groups is 4. The van der Waals surface area contributed by atoms with Crippen LogP contribution >= 0.6 is 104 Å². The molecule has 29 heteroatoms. The zero-order valence-electron chi connectivity index (χ0n) is 50.9. The Morgan fingerprint density at radius 1 is 0.505 bits per heavy atom. The molecular formula is C68H50Cl8N10O10S. The summed E-state index contributed by atoms with van der Waals surface area (Å²) >= 11 is 50.7. The fourth-order valence-electron chi connectivity index (χ4n) is 12.3. The molecule has 4 aliphatic rings. The summed E-state index contributed by atoms with van der Waals surface area (Å²) in [5.74, 6) is -1.55. The topological polar surface area (TPSA) is 292 Å². The highest BCUT2D eigenvalue weighted by molar-refractivity contribution is 7.13. The molecular weight excluding hydrogens is 1430 g/mol. The van der Waals surface area contributed by atoms with Gasteiger partial charge in [-0.15, -0.1) is 0 Å². The number of hydrogen-bond acceptors (Lipinski definition) is 15. The van der Waals surface area contributed by atoms with Crippen molar-refractivity contribution in [2.24, 2.45) is 0 Å². The summed E-state index contributed by atoms with van der Waals surface area (Å²) in [4.78, 5) is 49.9. The summed E-state index contributed by atoms with van der Waals surface area (Å²) in [7, 11) is 1.59. The van der Waals surface area contributed by atoms with Crippen LogP contribution in [-0.2, 0) is 67.4 Å². The Hall–Kier alpha value is -8.10. The van der Waals surface area contributed by atoms with Crippen LogP contribution < -0.4 is 26.0 Å². The molecule has 4 unspecified atom stereocenters. The lowest BCUT2D eigenvalue weighted by molar-refractivity contribution is -0.135. The normalized spacial score (nSPS) is 19.5. The number of amides is 4. The van der Waals surface area contributed by atoms with Crippen LogP contribution in [-0.4, -0.2) is 80.7 Å². The first-order chi connectivity index (χ1) is 46.1. The lowest BCUT2D eigenvalue weighted by atomic mass is 9.89. The van der Waals surface area contributed by atoms with Gasteiger partial charge < -0.3 is 51.0 Å². The number of aromatic amines is 1. The third kappa shape index (κ3) is 11.9. The number of nitrogens with one attached hydrogen (secondary N) is 5. The summed E-state index contributed by atoms with van der Waals surface area (Å²) in [6.45, 7) is 5.85. The number of benzene rings is 8. The standard InChI is InChI=1S/2C17H13Cl2N3O2.C17H12Cl2N2O3S.C17H12Cl2N2O3/c1-9-2-5-13-10(6-9)7-20-22(13)8-17(24)14-11(18)3-4-12(19)15(14)21-16(17)23;1-8-2-3-9-12(6-8)21-22-13(9)7-17(24)14-10(18)4-5-11(19)15(14)20-16(17)23;1-24-8-2-3-9-12(21-25-13(9)6-8)7-17(23)14-10(18)4-5-11(19)15(14)20-16(17)22;1-8-2-3-9-12(21-24-13(9)6-8)7-17(23)14-10(18)4-5-11(19)15(14)20-16(17)22/h2-7,24H,8H2,1H3,(H,21,23);2-6,24H,7H2,1H3,(H,20,23)(H,21,22);2-6,23H,7H2,1H3,(H,20,22);2-6,23H,7H2,1H3,(H,20,22). The number of anilines is 4. The molecule has 8 heterocycles. The van der Waals surface area contributed by atoms with Crippen molar-refractivity contribution in [3.63, 3.8) is 0 Å². The van der Waals surface area contributed by atoms with Crippen molar-refractivity contribution in [2.75, 3.05) is 28.4 Å². The van der Waals surface area contributed by atoms with Gasteiger partial charge in [-0.2, -0.15) is 14.6 Å². The molecule has 4 atom stereocenters. The minimum atomic E-state index is -1.86. The zero-order valence-corrected chi connectivity index (χ0v) is 57.7. The largest absolute Gasteiger partial charge is 0.497 e. The fourth-order valence-corrected chi connectivity index (χ4v) is 15.2. The smallest absolute Gasteiger partial charge is 0.263 e. The number of methoxy groups -OCH3 is 1. The number of ether oxygens (including phenoxy) is 1. The van der Waals surface area contributed by atoms with E-state index >= 15 is 0 Å². The Balaban J connectivity index is 0.000000117. The molecule has 12 aromatic rings. The molecule has 97 heavy (non-hydrogen) atoms. The maximum Gasteiger partial charge on any atom is 0.263 e. The van der Waals surface area contributed by atoms with Crippen LogP contribution in [0.3, 0.4) is 0 Å². The Kier molecular flexibility index (Phi) is 17.8. The summed E-state index contributed by atoms with van der Waals surface area (Å²) in [6, 6.07) is 35.4. The average molecular weight is 1480 g/mol. The van der Waals surface area contributed by atoms with Gasteiger partial charge in [0.2, 0.25) is 0 Å². The van der Waals surface area contributed by atoms with Crippen LogP contribution in [0.15, 0.2) is 132 Å². The summed E-state index contributed by atoms with van der Waals surface area (Å²) < 4.78 is 17.4. The van der Waals surface area contributed by atoms with E-state index in [1.54, 1.807) is 66.5 Å². The van der Waals surface area contributed by atoms with Crippen LogP contribution in [0.1, 0.15) is 56.0 Å². The minimum absolute atomic E-state index is 0.00176. The van der Waals surface area contributed by atoms with Crippen molar-refractivity contribution in [3.8, 4) is 5.75 Å². The molecule has 4 aromatic heterocycles. The molecule has 4 amide bonds. The van der Waals surface area contributed by atoms with E-state index in [9.17, 15) is 39.6 Å². The predicted molar refractivity (Wildman–Crippen MR) is 377 cm³/mol. The van der Waals surface area contributed by atoms with Gasteiger partial charge in [-0.25, -0.2) is 0 Å². The molecule has 9 N–H and O–H groups in total. The Morgan fingerprint density at radius 3 is 1.48 bits per heavy atom. The van der Waals surface area contributed by atoms with Crippen LogP contribution in [0.2, 0.25) is 40.2 Å². The number of aryl methyl sites for hydroxylation is 3. The third-order valence-electron chi connectivity index (χ3n) is 17.2. The molecule has 0 saturated carbocycles. The van der Waals surface area contributed by atoms with E-state index in [4.69, 9.17) is 102 Å². The summed E-state index contributed by atoms with van der Waals surface area (Å²) in [5, 5.41) is 76.2. The van der Waals surface area contributed by atoms with E-state index in [0.717, 1.165) is 59.7 Å². The van der Waals surface area contributed by atoms with Gasteiger partial charge >= 0.3 is 0 Å². The van der Waals surface area contributed by atoms with Crippen LogP contribution in [0, 0.1) is 20.8 Å². The maximum atomic E-state index is 12.5. The molecule has 0 spiro atoms. The number of hydrogen-bond donors (Lipinski definition) is 9. The van der Waals surface area contributed by atoms with E-state index in [1.807, 2.05) is 93.6 Å². The maximum absolute atomic E-state index is 12.5. The summed E-state index contributed by atoms with van der Waals surface area (Å²) in [6.07, 6.45) is 1.66. The van der Waals surface area contributed by atoms with Crippen LogP contribution in [0.5, 0.6) is 5.75 Å². The minimum Gasteiger partial charge on any atom is -0.497 e. The zero-order chi connectivity index (χ0) is 68.9. The molecule has 16 rings (SSSR count). The first kappa shape index (κ1) is 67.5. The molecule has 8 aromatic carbocycles. The summed E-state index contributed by atoms with van der Waals surface area (Å²) in [5.41, 5.74) is 2.42. The average Bonchev–Trinajstić information content (AvgIpc) is 1.62. The third-order valence-corrected chi connectivity index (χ3v) is 20.6. The lowest BCUT2D eigenvalue weighted by Gasteiger charge is -2.22. The molecule has 0 bridgehead atoms. The SMILES string of the molecule is COc1ccc2c(CC3(O)C(=O)Nc4c(Cl)ccc(Cl)c43)nsc2c1.Cc1ccc2c(CC3(O)C(=O)Nc4c(Cl)ccc(Cl)c43)[nH]nc2c1.Cc1ccc2c(CC3(O)C(=O)Nc4c(Cl)ccc(Cl)c43)noc2c1.Cc1ccc2c(cnn2CC2(O)C(=O)Nc3c(Cl)ccc(Cl)c32)c1. The van der Waals surface area contributed by atoms with Crippen molar-refractivity contribution < 1.29 is 48.9 Å². The predicted octanol–water partition coefficient (Wildman–Crippen LogP) is 14.9. The first-order valence-corrected chi connectivity index (χ1v) is 33.2. The highest BCUT2D eigenvalue weighted by atomic mass is 35.5. The van der Waals surface area contributed by atoms with Crippen molar-refractivity contribution in [1.29, 1.82) is 0 Å². The molecule has 0 fully saturated rings. The van der Waals surface area contributed by atoms with E-state index in [1.165, 1.54) is 11.5 Å². The number of rotatable bonds is 9. The van der Waals surface area contributed by atoms with Gasteiger partial charge in [-0.05, 0) is 140 Å². The Bertz CT molecular complexity index is 4930. The van der Waals surface area contributed by atoms with Gasteiger partial charge in [0.05, 0.1) is 89.8 Å². The number of fused-ring (bicyclic) bond motifs is 8. The van der Waals surface area contributed by atoms with Crippen LogP contribution in [0.25, 0.3) is 42.9 Å². The van der Waals surface area contributed by atoms with Gasteiger partial charge in [0.15, 0.2) is 28.0 Å². The van der Waals surface area contributed by atoms with E-state index < -0.39 is 46.0 Å². The molecule has 494 valence electrons. The second-order valence-electron chi connectivity index (χ2n) is 23.6. The number of H-pyrrole nitrogens is 1. The van der Waals surface area contributed by atoms with Gasteiger partial charge in [0, 0.05) is 88.8 Å². The number of carbonyl (C=O) groups excluding carboxylic acids is 4. The van der Waals surface area contributed by atoms with Crippen molar-refractivity contribution in [1.82, 2.24) is 29.5 Å². The van der Waals surface area contributed by atoms with Gasteiger partial charge in [-0.1, -0.05) is 128 Å². The molecule has 4 aliphatic heterocycles. The second-order valence-corrected chi connectivity index (χ2v) is 27.7. The van der Waals surface area contributed by atoms with Gasteiger partial charge in [-0.3, -0.25) is 29.0 Å². The quantitative estimate of drug-likeness (QED) is 0.0650. The van der Waals surface area contributed by atoms with E-state index in [2.05, 4.69) is 46.1 Å². The van der Waals surface area contributed by atoms with Gasteiger partial charge in [0.1, 0.15) is 5.75 Å². The highest BCUT2D eigenvalue weighted by Gasteiger charge is 2.52. The Morgan fingerprint density at radius 2 is 0.948 bits per heavy atom. The number of aromatic nitrogens is 6. The first-order valence-electron chi connectivity index (χ1n) is 29.4. The van der Waals surface area contributed by atoms with E-state index in [-0.39, 0.29) is 57.0 Å². The molecule has 0 radical (unpaired) electrons. The van der Waals surface area contributed by atoms with E-state index in [0.29, 0.717) is 76.6 Å². The number of nitrogens with zero attached hydrogens (tertiary/aromatic N) is 5. The van der Waals surface area contributed by atoms with Crippen molar-refractivity contribution in [3.05, 3.63) is 224 Å². The molecule has 20 nitrogen and oxygen atoms in total. The Labute approximate surface area is 594 Å². The lowest BCUT2D eigenvalue weighted by Crippen LogP contribution is -2.39. The molecule has 0 saturated heterocycles. The highest BCUT2D eigenvalue weighted by Crippen LogP contribution is 2.51.